The van der Waals surface area contributed by atoms with Crippen molar-refractivity contribution in [3.05, 3.63) is 40.1 Å². The van der Waals surface area contributed by atoms with Crippen LogP contribution in [0.5, 0.6) is 0 Å². The van der Waals surface area contributed by atoms with Gasteiger partial charge in [0.25, 0.3) is 0 Å². The Balaban J connectivity index is 2.26. The first-order chi connectivity index (χ1) is 8.63. The lowest BCUT2D eigenvalue weighted by Gasteiger charge is -2.14. The van der Waals surface area contributed by atoms with E-state index in [1.807, 2.05) is 18.7 Å². The van der Waals surface area contributed by atoms with E-state index in [1.165, 1.54) is 0 Å². The van der Waals surface area contributed by atoms with Gasteiger partial charge in [-0.05, 0) is 28.9 Å². The molecule has 0 saturated heterocycles. The van der Waals surface area contributed by atoms with E-state index in [-0.39, 0.29) is 6.04 Å². The van der Waals surface area contributed by atoms with Crippen LogP contribution < -0.4 is 11.3 Å². The first-order valence-corrected chi connectivity index (χ1v) is 6.33. The van der Waals surface area contributed by atoms with Crippen LogP contribution in [0.25, 0.3) is 0 Å². The van der Waals surface area contributed by atoms with Gasteiger partial charge in [-0.2, -0.15) is 5.10 Å². The van der Waals surface area contributed by atoms with E-state index < -0.39 is 0 Å². The smallest absolute Gasteiger partial charge is 0.146 e. The number of nitrogens with two attached hydrogens (primary N) is 1. The highest BCUT2D eigenvalue weighted by molar-refractivity contribution is 9.10. The fourth-order valence-electron chi connectivity index (χ4n) is 1.81. The molecule has 1 atom stereocenters. The van der Waals surface area contributed by atoms with Crippen LogP contribution in [0.2, 0.25) is 0 Å². The van der Waals surface area contributed by atoms with Crippen molar-refractivity contribution in [2.45, 2.75) is 19.4 Å². The van der Waals surface area contributed by atoms with Gasteiger partial charge in [-0.3, -0.25) is 10.5 Å². The molecular weight excluding hydrogens is 296 g/mol. The Morgan fingerprint density at radius 2 is 2.11 bits per heavy atom. The van der Waals surface area contributed by atoms with E-state index >= 15 is 0 Å². The van der Waals surface area contributed by atoms with Crippen LogP contribution in [-0.4, -0.2) is 19.7 Å². The fourth-order valence-corrected chi connectivity index (χ4v) is 2.31. The molecule has 0 spiro atoms. The maximum Gasteiger partial charge on any atom is 0.146 e. The van der Waals surface area contributed by atoms with Crippen molar-refractivity contribution in [1.29, 1.82) is 0 Å². The second-order valence-corrected chi connectivity index (χ2v) is 4.79. The van der Waals surface area contributed by atoms with Gasteiger partial charge in [0.05, 0.1) is 21.9 Å². The number of nitrogens with one attached hydrogen (secondary N) is 1. The summed E-state index contributed by atoms with van der Waals surface area (Å²) in [4.78, 5) is 8.43. The van der Waals surface area contributed by atoms with Crippen LogP contribution in [-0.2, 0) is 13.5 Å². The predicted octanol–water partition coefficient (Wildman–Crippen LogP) is 1.03. The van der Waals surface area contributed by atoms with E-state index in [2.05, 4.69) is 36.4 Å². The number of aryl methyl sites for hydroxylation is 2. The second-order valence-electron chi connectivity index (χ2n) is 4.00. The van der Waals surface area contributed by atoms with E-state index in [0.717, 1.165) is 15.9 Å². The minimum absolute atomic E-state index is 0.141. The molecule has 6 nitrogen and oxygen atoms in total. The highest BCUT2D eigenvalue weighted by Gasteiger charge is 2.18. The lowest BCUT2D eigenvalue weighted by atomic mass is 10.1. The summed E-state index contributed by atoms with van der Waals surface area (Å²) >= 11 is 3.54. The molecule has 0 radical (unpaired) electrons. The number of hydrazine groups is 1. The molecule has 0 aliphatic carbocycles. The van der Waals surface area contributed by atoms with Gasteiger partial charge in [0, 0.05) is 25.9 Å². The van der Waals surface area contributed by atoms with Crippen molar-refractivity contribution >= 4 is 15.9 Å². The molecule has 0 fully saturated rings. The zero-order valence-corrected chi connectivity index (χ0v) is 11.8. The first kappa shape index (κ1) is 13.1. The zero-order valence-electron chi connectivity index (χ0n) is 10.3. The van der Waals surface area contributed by atoms with Gasteiger partial charge in [-0.25, -0.2) is 15.4 Å². The number of hydrogen-bond acceptors (Lipinski definition) is 5. The van der Waals surface area contributed by atoms with Crippen molar-refractivity contribution in [3.63, 3.8) is 0 Å². The van der Waals surface area contributed by atoms with Gasteiger partial charge >= 0.3 is 0 Å². The van der Waals surface area contributed by atoms with Crippen molar-refractivity contribution < 1.29 is 0 Å². The Hall–Kier alpha value is -1.31. The molecular formula is C11H15BrN6. The third-order valence-electron chi connectivity index (χ3n) is 2.76. The van der Waals surface area contributed by atoms with E-state index in [0.29, 0.717) is 12.2 Å². The number of rotatable bonds is 4. The van der Waals surface area contributed by atoms with E-state index in [9.17, 15) is 0 Å². The van der Waals surface area contributed by atoms with Crippen molar-refractivity contribution in [2.75, 3.05) is 0 Å². The average Bonchev–Trinajstić information content (AvgIpc) is 2.62. The lowest BCUT2D eigenvalue weighted by molar-refractivity contribution is 0.504. The molecule has 0 aromatic carbocycles. The van der Waals surface area contributed by atoms with E-state index in [1.54, 1.807) is 18.5 Å². The largest absolute Gasteiger partial charge is 0.271 e. The van der Waals surface area contributed by atoms with Crippen LogP contribution in [0.3, 0.4) is 0 Å². The summed E-state index contributed by atoms with van der Waals surface area (Å²) in [5, 5.41) is 4.35. The summed E-state index contributed by atoms with van der Waals surface area (Å²) in [6.45, 7) is 1.96. The Morgan fingerprint density at radius 3 is 2.61 bits per heavy atom. The van der Waals surface area contributed by atoms with Crippen molar-refractivity contribution in [3.8, 4) is 0 Å². The Morgan fingerprint density at radius 1 is 1.44 bits per heavy atom. The highest BCUT2D eigenvalue weighted by Crippen LogP contribution is 2.24. The molecule has 2 rings (SSSR count). The predicted molar refractivity (Wildman–Crippen MR) is 71.4 cm³/mol. The SMILES string of the molecule is Cc1nn(C)c(CC(NN)c2ncccn2)c1Br. The highest BCUT2D eigenvalue weighted by atomic mass is 79.9. The molecule has 0 amide bonds. The zero-order chi connectivity index (χ0) is 13.1. The molecule has 2 heterocycles. The third-order valence-corrected chi connectivity index (χ3v) is 3.79. The summed E-state index contributed by atoms with van der Waals surface area (Å²) < 4.78 is 2.84. The van der Waals surface area contributed by atoms with Gasteiger partial charge in [-0.1, -0.05) is 0 Å². The number of nitrogens with zero attached hydrogens (tertiary/aromatic N) is 4. The second kappa shape index (κ2) is 5.55. The third kappa shape index (κ3) is 2.58. The maximum absolute atomic E-state index is 5.58. The molecule has 0 aliphatic heterocycles. The van der Waals surface area contributed by atoms with Gasteiger partial charge in [0.1, 0.15) is 5.82 Å². The quantitative estimate of drug-likeness (QED) is 0.651. The molecule has 0 bridgehead atoms. The molecule has 18 heavy (non-hydrogen) atoms. The monoisotopic (exact) mass is 310 g/mol. The maximum atomic E-state index is 5.58. The number of halogens is 1. The topological polar surface area (TPSA) is 81.7 Å². The summed E-state index contributed by atoms with van der Waals surface area (Å²) in [7, 11) is 1.91. The summed E-state index contributed by atoms with van der Waals surface area (Å²) in [6.07, 6.45) is 4.07. The Bertz CT molecular complexity index is 524. The van der Waals surface area contributed by atoms with Crippen LogP contribution in [0, 0.1) is 6.92 Å². The summed E-state index contributed by atoms with van der Waals surface area (Å²) in [6, 6.07) is 1.64. The normalized spacial score (nSPS) is 12.7. The van der Waals surface area contributed by atoms with Crippen LogP contribution in [0.1, 0.15) is 23.3 Å². The lowest BCUT2D eigenvalue weighted by Crippen LogP contribution is -2.31. The molecule has 2 aromatic rings. The number of aromatic nitrogens is 4. The minimum atomic E-state index is -0.141. The fraction of sp³-hybridized carbons (Fsp3) is 0.364. The molecule has 2 aromatic heterocycles. The molecule has 7 heteroatoms. The van der Waals surface area contributed by atoms with Crippen LogP contribution >= 0.6 is 15.9 Å². The van der Waals surface area contributed by atoms with E-state index in [4.69, 9.17) is 5.84 Å². The first-order valence-electron chi connectivity index (χ1n) is 5.54. The minimum Gasteiger partial charge on any atom is -0.271 e. The van der Waals surface area contributed by atoms with Crippen molar-refractivity contribution in [2.24, 2.45) is 12.9 Å². The van der Waals surface area contributed by atoms with Gasteiger partial charge in [0.15, 0.2) is 0 Å². The van der Waals surface area contributed by atoms with Gasteiger partial charge in [-0.15, -0.1) is 0 Å². The van der Waals surface area contributed by atoms with Crippen LogP contribution in [0.15, 0.2) is 22.9 Å². The average molecular weight is 311 g/mol. The molecule has 0 aliphatic rings. The van der Waals surface area contributed by atoms with Gasteiger partial charge < -0.3 is 0 Å². The Kier molecular flexibility index (Phi) is 4.05. The molecule has 0 saturated carbocycles. The molecule has 3 N–H and O–H groups in total. The Labute approximate surface area is 114 Å². The number of hydrogen-bond donors (Lipinski definition) is 2. The van der Waals surface area contributed by atoms with Gasteiger partial charge in [0.2, 0.25) is 0 Å². The standard InChI is InChI=1S/C11H15BrN6/c1-7-10(12)9(18(2)17-7)6-8(16-13)11-14-4-3-5-15-11/h3-5,8,16H,6,13H2,1-2H3. The van der Waals surface area contributed by atoms with Crippen molar-refractivity contribution in [1.82, 2.24) is 25.2 Å². The van der Waals surface area contributed by atoms with Crippen LogP contribution in [0.4, 0.5) is 0 Å². The molecule has 96 valence electrons. The summed E-state index contributed by atoms with van der Waals surface area (Å²) in [5.74, 6) is 6.26. The molecule has 1 unspecified atom stereocenters. The summed E-state index contributed by atoms with van der Waals surface area (Å²) in [5.41, 5.74) is 4.76.